The van der Waals surface area contributed by atoms with Gasteiger partial charge in [0, 0.05) is 0 Å². The van der Waals surface area contributed by atoms with Crippen LogP contribution in [0.15, 0.2) is 24.3 Å². The summed E-state index contributed by atoms with van der Waals surface area (Å²) in [5.41, 5.74) is 2.08. The summed E-state index contributed by atoms with van der Waals surface area (Å²) >= 11 is 0. The summed E-state index contributed by atoms with van der Waals surface area (Å²) in [5.74, 6) is 2.89. The molecule has 0 heterocycles. The van der Waals surface area contributed by atoms with Gasteiger partial charge in [0.15, 0.2) is 0 Å². The predicted octanol–water partition coefficient (Wildman–Crippen LogP) is 6.97. The number of hydrogen-bond donors (Lipinski definition) is 3. The monoisotopic (exact) mass is 510 g/mol. The van der Waals surface area contributed by atoms with Gasteiger partial charge in [0.25, 0.3) is 0 Å². The summed E-state index contributed by atoms with van der Waals surface area (Å²) in [4.78, 5) is 11.3. The lowest BCUT2D eigenvalue weighted by molar-refractivity contribution is -0.203. The van der Waals surface area contributed by atoms with E-state index in [2.05, 4.69) is 33.8 Å². The van der Waals surface area contributed by atoms with Gasteiger partial charge in [0.05, 0.1) is 17.8 Å². The lowest BCUT2D eigenvalue weighted by atomic mass is 9.41. The smallest absolute Gasteiger partial charge is 0.335 e. The summed E-state index contributed by atoms with van der Waals surface area (Å²) in [6, 6.07) is 7.41. The SMILES string of the molecule is CC[C@H]1[C@@H](O)[C@@H]2[C@H](CC[C@]3(C)[C@@H]([C@H](C)CCCc4cccc(C(=O)O)c4)CC[C@@H]23)[C@@]2(C)CC[C@@H](O)C[C@@H]12. The van der Waals surface area contributed by atoms with Gasteiger partial charge in [-0.05, 0) is 128 Å². The zero-order chi connectivity index (χ0) is 26.5. The number of aromatic carboxylic acids is 1. The number of carbonyl (C=O) groups is 1. The van der Waals surface area contributed by atoms with E-state index in [0.717, 1.165) is 44.1 Å². The van der Waals surface area contributed by atoms with Crippen LogP contribution in [0.1, 0.15) is 108 Å². The molecule has 206 valence electrons. The van der Waals surface area contributed by atoms with E-state index >= 15 is 0 Å². The molecule has 3 N–H and O–H groups in total. The molecule has 0 aliphatic heterocycles. The fourth-order valence-electron chi connectivity index (χ4n) is 10.6. The highest BCUT2D eigenvalue weighted by atomic mass is 16.4. The average molecular weight is 511 g/mol. The molecule has 1 aromatic carbocycles. The Morgan fingerprint density at radius 2 is 1.76 bits per heavy atom. The minimum atomic E-state index is -0.851. The van der Waals surface area contributed by atoms with E-state index in [9.17, 15) is 20.1 Å². The molecule has 37 heavy (non-hydrogen) atoms. The third-order valence-corrected chi connectivity index (χ3v) is 12.4. The van der Waals surface area contributed by atoms with Crippen LogP contribution in [-0.2, 0) is 6.42 Å². The number of aliphatic hydroxyl groups is 2. The van der Waals surface area contributed by atoms with Crippen LogP contribution in [0.4, 0.5) is 0 Å². The van der Waals surface area contributed by atoms with E-state index in [0.29, 0.717) is 52.4 Å². The van der Waals surface area contributed by atoms with Gasteiger partial charge in [-0.25, -0.2) is 4.79 Å². The summed E-state index contributed by atoms with van der Waals surface area (Å²) < 4.78 is 0. The quantitative estimate of drug-likeness (QED) is 0.370. The molecule has 4 saturated carbocycles. The minimum absolute atomic E-state index is 0.187. The van der Waals surface area contributed by atoms with Gasteiger partial charge in [0.2, 0.25) is 0 Å². The number of aryl methyl sites for hydroxylation is 1. The Bertz CT molecular complexity index is 975. The van der Waals surface area contributed by atoms with Gasteiger partial charge in [-0.3, -0.25) is 0 Å². The van der Waals surface area contributed by atoms with Gasteiger partial charge in [-0.15, -0.1) is 0 Å². The maximum atomic E-state index is 11.9. The van der Waals surface area contributed by atoms with E-state index in [1.807, 2.05) is 12.1 Å². The molecule has 0 radical (unpaired) electrons. The van der Waals surface area contributed by atoms with E-state index in [-0.39, 0.29) is 17.6 Å². The Morgan fingerprint density at radius 1 is 1.03 bits per heavy atom. The molecule has 4 aliphatic carbocycles. The van der Waals surface area contributed by atoms with Crippen LogP contribution in [0.2, 0.25) is 0 Å². The summed E-state index contributed by atoms with van der Waals surface area (Å²) in [7, 11) is 0. The highest BCUT2D eigenvalue weighted by Crippen LogP contribution is 2.69. The van der Waals surface area contributed by atoms with Crippen molar-refractivity contribution < 1.29 is 20.1 Å². The first-order valence-corrected chi connectivity index (χ1v) is 15.3. The van der Waals surface area contributed by atoms with Crippen molar-refractivity contribution >= 4 is 5.97 Å². The average Bonchev–Trinajstić information content (AvgIpc) is 3.22. The molecule has 0 aromatic heterocycles. The number of aliphatic hydroxyl groups excluding tert-OH is 2. The highest BCUT2D eigenvalue weighted by Gasteiger charge is 2.64. The van der Waals surface area contributed by atoms with Crippen LogP contribution in [0.5, 0.6) is 0 Å². The Morgan fingerprint density at radius 3 is 2.49 bits per heavy atom. The molecule has 0 spiro atoms. The van der Waals surface area contributed by atoms with Gasteiger partial charge < -0.3 is 15.3 Å². The molecule has 5 rings (SSSR count). The van der Waals surface area contributed by atoms with Gasteiger partial charge >= 0.3 is 5.97 Å². The fraction of sp³-hybridized carbons (Fsp3) is 0.788. The van der Waals surface area contributed by atoms with E-state index < -0.39 is 5.97 Å². The van der Waals surface area contributed by atoms with Crippen molar-refractivity contribution in [2.24, 2.45) is 52.3 Å². The minimum Gasteiger partial charge on any atom is -0.478 e. The molecule has 4 aliphatic rings. The van der Waals surface area contributed by atoms with E-state index in [4.69, 9.17) is 0 Å². The molecule has 0 bridgehead atoms. The number of carboxylic acids is 1. The van der Waals surface area contributed by atoms with Crippen LogP contribution in [0, 0.1) is 52.3 Å². The van der Waals surface area contributed by atoms with Crippen LogP contribution < -0.4 is 0 Å². The van der Waals surface area contributed by atoms with Gasteiger partial charge in [-0.2, -0.15) is 0 Å². The van der Waals surface area contributed by atoms with Crippen molar-refractivity contribution in [1.29, 1.82) is 0 Å². The van der Waals surface area contributed by atoms with Crippen molar-refractivity contribution in [2.45, 2.75) is 111 Å². The Balaban J connectivity index is 1.29. The Kier molecular flexibility index (Phi) is 7.57. The highest BCUT2D eigenvalue weighted by molar-refractivity contribution is 5.87. The second-order valence-corrected chi connectivity index (χ2v) is 14.0. The standard InChI is InChI=1S/C33H50O4/c1-5-24-28-19-23(34)14-16-33(28,4)27-15-17-32(3)25(12-13-26(32)29(27)30(24)35)20(2)8-6-9-21-10-7-11-22(18-21)31(36)37/h7,10-11,18,20,23-30,34-35H,5-6,8-9,12-17,19H2,1-4H3,(H,36,37)/t20-,23-,24-,25-,26+,27+,28+,29+,30-,32-,33-/m1/s1. The van der Waals surface area contributed by atoms with Crippen LogP contribution in [0.25, 0.3) is 0 Å². The largest absolute Gasteiger partial charge is 0.478 e. The first-order valence-electron chi connectivity index (χ1n) is 15.3. The number of fused-ring (bicyclic) bond motifs is 5. The molecular formula is C33H50O4. The molecule has 0 unspecified atom stereocenters. The molecule has 4 heteroatoms. The third kappa shape index (κ3) is 4.58. The Labute approximate surface area is 224 Å². The topological polar surface area (TPSA) is 77.8 Å². The molecule has 0 saturated heterocycles. The zero-order valence-corrected chi connectivity index (χ0v) is 23.5. The maximum Gasteiger partial charge on any atom is 0.335 e. The number of hydrogen-bond acceptors (Lipinski definition) is 3. The molecular weight excluding hydrogens is 460 g/mol. The van der Waals surface area contributed by atoms with Gasteiger partial charge in [-0.1, -0.05) is 52.7 Å². The second-order valence-electron chi connectivity index (χ2n) is 14.0. The number of carboxylic acid groups (broad SMARTS) is 1. The summed E-state index contributed by atoms with van der Waals surface area (Å²) in [5, 5.41) is 31.7. The lowest BCUT2D eigenvalue weighted by Crippen LogP contribution is -2.62. The lowest BCUT2D eigenvalue weighted by Gasteiger charge is -2.64. The summed E-state index contributed by atoms with van der Waals surface area (Å²) in [6.45, 7) is 9.78. The van der Waals surface area contributed by atoms with Crippen molar-refractivity contribution in [3.05, 3.63) is 35.4 Å². The molecule has 11 atom stereocenters. The van der Waals surface area contributed by atoms with E-state index in [1.165, 1.54) is 32.1 Å². The molecule has 4 nitrogen and oxygen atoms in total. The first kappa shape index (κ1) is 27.2. The number of rotatable bonds is 7. The van der Waals surface area contributed by atoms with Crippen LogP contribution in [-0.4, -0.2) is 33.5 Å². The molecule has 4 fully saturated rings. The maximum absolute atomic E-state index is 11.9. The Hall–Kier alpha value is -1.39. The van der Waals surface area contributed by atoms with E-state index in [1.54, 1.807) is 6.07 Å². The zero-order valence-electron chi connectivity index (χ0n) is 23.5. The van der Waals surface area contributed by atoms with Crippen molar-refractivity contribution in [1.82, 2.24) is 0 Å². The van der Waals surface area contributed by atoms with Gasteiger partial charge in [0.1, 0.15) is 0 Å². The van der Waals surface area contributed by atoms with Crippen molar-refractivity contribution in [2.75, 3.05) is 0 Å². The van der Waals surface area contributed by atoms with Crippen LogP contribution >= 0.6 is 0 Å². The second kappa shape index (κ2) is 10.3. The first-order chi connectivity index (χ1) is 17.6. The summed E-state index contributed by atoms with van der Waals surface area (Å²) in [6.07, 6.45) is 11.8. The molecule has 1 aromatic rings. The third-order valence-electron chi connectivity index (χ3n) is 12.4. The molecule has 0 amide bonds. The van der Waals surface area contributed by atoms with Crippen molar-refractivity contribution in [3.8, 4) is 0 Å². The van der Waals surface area contributed by atoms with Crippen LogP contribution in [0.3, 0.4) is 0 Å². The van der Waals surface area contributed by atoms with Crippen molar-refractivity contribution in [3.63, 3.8) is 0 Å². The predicted molar refractivity (Wildman–Crippen MR) is 147 cm³/mol. The fourth-order valence-corrected chi connectivity index (χ4v) is 10.6. The number of benzene rings is 1. The normalized spacial score (nSPS) is 43.9.